The highest BCUT2D eigenvalue weighted by Crippen LogP contribution is 2.23. The van der Waals surface area contributed by atoms with Crippen LogP contribution in [0.2, 0.25) is 0 Å². The van der Waals surface area contributed by atoms with E-state index in [1.54, 1.807) is 32.0 Å². The summed E-state index contributed by atoms with van der Waals surface area (Å²) >= 11 is 1.43. The summed E-state index contributed by atoms with van der Waals surface area (Å²) in [6.07, 6.45) is 1.86. The molecule has 0 bridgehead atoms. The molecule has 106 valence electrons. The predicted molar refractivity (Wildman–Crippen MR) is 76.8 cm³/mol. The third kappa shape index (κ3) is 4.83. The van der Waals surface area contributed by atoms with Crippen LogP contribution < -0.4 is 10.4 Å². The summed E-state index contributed by atoms with van der Waals surface area (Å²) in [4.78, 5) is 12.7. The normalized spacial score (nSPS) is 13.2. The average Bonchev–Trinajstić information content (AvgIpc) is 2.34. The Labute approximate surface area is 117 Å². The van der Waals surface area contributed by atoms with Crippen LogP contribution in [0.15, 0.2) is 23.1 Å². The van der Waals surface area contributed by atoms with Gasteiger partial charge in [-0.3, -0.25) is 4.79 Å². The lowest BCUT2D eigenvalue weighted by molar-refractivity contribution is -0.753. The van der Waals surface area contributed by atoms with E-state index in [-0.39, 0.29) is 17.5 Å². The first kappa shape index (κ1) is 16.0. The fraction of sp³-hybridized carbons (Fsp3) is 0.462. The Morgan fingerprint density at radius 3 is 2.63 bits per heavy atom. The molecule has 0 fully saturated rings. The van der Waals surface area contributed by atoms with Crippen molar-refractivity contribution in [2.45, 2.75) is 24.3 Å². The maximum absolute atomic E-state index is 11.9. The number of rotatable bonds is 5. The Kier molecular flexibility index (Phi) is 5.37. The number of nitrogens with one attached hydrogen (secondary N) is 2. The van der Waals surface area contributed by atoms with Crippen LogP contribution in [0.25, 0.3) is 0 Å². The smallest absolute Gasteiger partial charge is 0.251 e. The molecule has 0 radical (unpaired) electrons. The number of aliphatic hydroxyl groups is 1. The number of hydrogen-bond donors (Lipinski definition) is 3. The highest BCUT2D eigenvalue weighted by atomic mass is 32.2. The Bertz CT molecular complexity index is 456. The van der Waals surface area contributed by atoms with Crippen LogP contribution in [0.5, 0.6) is 0 Å². The molecule has 1 atom stereocenters. The van der Waals surface area contributed by atoms with Gasteiger partial charge in [0.25, 0.3) is 5.91 Å². The Hall–Kier alpha value is -1.08. The van der Waals surface area contributed by atoms with Gasteiger partial charge in [0.15, 0.2) is 0 Å². The molecule has 1 rings (SSSR count). The van der Waals surface area contributed by atoms with Crippen molar-refractivity contribution in [1.29, 1.82) is 0 Å². The number of benzene rings is 1. The molecule has 5 nitrogen and oxygen atoms in total. The zero-order valence-electron chi connectivity index (χ0n) is 11.6. The number of quaternary nitrogens is 1. The molecule has 0 saturated heterocycles. The highest BCUT2D eigenvalue weighted by molar-refractivity contribution is 7.98. The molecule has 1 amide bonds. The van der Waals surface area contributed by atoms with Gasteiger partial charge in [-0.25, -0.2) is 0 Å². The molecule has 0 aliphatic heterocycles. The molecular formula is C13H20N2O3S. The zero-order valence-corrected chi connectivity index (χ0v) is 12.4. The number of thioether (sulfide) groups is 1. The Morgan fingerprint density at radius 1 is 1.53 bits per heavy atom. The number of hydrogen-bond acceptors (Lipinski definition) is 4. The summed E-state index contributed by atoms with van der Waals surface area (Å²) in [6, 6.07) is 4.98. The number of amides is 1. The lowest BCUT2D eigenvalue weighted by atomic mass is 10.1. The summed E-state index contributed by atoms with van der Waals surface area (Å²) in [5, 5.41) is 23.6. The average molecular weight is 284 g/mol. The van der Waals surface area contributed by atoms with Gasteiger partial charge in [-0.05, 0) is 32.2 Å². The minimum Gasteiger partial charge on any atom is -0.629 e. The van der Waals surface area contributed by atoms with Gasteiger partial charge >= 0.3 is 0 Å². The van der Waals surface area contributed by atoms with Gasteiger partial charge in [0.2, 0.25) is 0 Å². The lowest BCUT2D eigenvalue weighted by Crippen LogP contribution is -2.98. The fourth-order valence-electron chi connectivity index (χ4n) is 1.52. The molecule has 1 unspecified atom stereocenters. The number of hydroxylamine groups is 1. The van der Waals surface area contributed by atoms with Crippen molar-refractivity contribution in [3.63, 3.8) is 0 Å². The fourth-order valence-corrected chi connectivity index (χ4v) is 2.20. The van der Waals surface area contributed by atoms with Crippen molar-refractivity contribution in [3.8, 4) is 0 Å². The molecule has 19 heavy (non-hydrogen) atoms. The monoisotopic (exact) mass is 284 g/mol. The predicted octanol–water partition coefficient (Wildman–Crippen LogP) is 0.553. The van der Waals surface area contributed by atoms with Gasteiger partial charge in [0.05, 0.1) is 17.5 Å². The second-order valence-electron chi connectivity index (χ2n) is 4.97. The van der Waals surface area contributed by atoms with Crippen LogP contribution in [0.4, 0.5) is 5.69 Å². The lowest BCUT2D eigenvalue weighted by Gasteiger charge is -2.20. The molecule has 1 aromatic rings. The van der Waals surface area contributed by atoms with Gasteiger partial charge in [0, 0.05) is 18.2 Å². The SMILES string of the molecule is CSc1cc(C(=O)NCC(C)(C)O)ccc1[NH+](C)[O-]. The molecule has 0 spiro atoms. The Balaban J connectivity index is 2.87. The molecule has 3 N–H and O–H groups in total. The summed E-state index contributed by atoms with van der Waals surface area (Å²) in [6.45, 7) is 3.42. The van der Waals surface area contributed by atoms with Gasteiger partial charge in [-0.2, -0.15) is 0 Å². The first-order valence-electron chi connectivity index (χ1n) is 5.94. The van der Waals surface area contributed by atoms with Crippen LogP contribution in [-0.4, -0.2) is 36.5 Å². The number of carbonyl (C=O) groups excluding carboxylic acids is 1. The first-order chi connectivity index (χ1) is 8.74. The van der Waals surface area contributed by atoms with Crippen LogP contribution in [-0.2, 0) is 0 Å². The molecular weight excluding hydrogens is 264 g/mol. The minimum absolute atomic E-state index is 0.0206. The third-order valence-electron chi connectivity index (χ3n) is 2.52. The van der Waals surface area contributed by atoms with Crippen LogP contribution in [0.3, 0.4) is 0 Å². The zero-order chi connectivity index (χ0) is 14.6. The van der Waals surface area contributed by atoms with E-state index in [1.165, 1.54) is 18.8 Å². The minimum atomic E-state index is -0.947. The van der Waals surface area contributed by atoms with Crippen molar-refractivity contribution in [1.82, 2.24) is 5.32 Å². The number of carbonyl (C=O) groups is 1. The van der Waals surface area contributed by atoms with Gasteiger partial charge in [0.1, 0.15) is 5.69 Å². The summed E-state index contributed by atoms with van der Waals surface area (Å²) in [5.41, 5.74) is 0.155. The van der Waals surface area contributed by atoms with Crippen molar-refractivity contribution in [2.24, 2.45) is 0 Å². The van der Waals surface area contributed by atoms with Gasteiger partial charge < -0.3 is 20.7 Å². The highest BCUT2D eigenvalue weighted by Gasteiger charge is 2.16. The van der Waals surface area contributed by atoms with E-state index in [0.29, 0.717) is 11.3 Å². The molecule has 0 saturated carbocycles. The topological polar surface area (TPSA) is 76.8 Å². The van der Waals surface area contributed by atoms with Crippen molar-refractivity contribution >= 4 is 23.4 Å². The van der Waals surface area contributed by atoms with E-state index in [4.69, 9.17) is 0 Å². The van der Waals surface area contributed by atoms with E-state index < -0.39 is 5.60 Å². The summed E-state index contributed by atoms with van der Waals surface area (Å²) in [7, 11) is 1.50. The van der Waals surface area contributed by atoms with Crippen LogP contribution >= 0.6 is 11.8 Å². The van der Waals surface area contributed by atoms with Crippen molar-refractivity contribution in [2.75, 3.05) is 19.8 Å². The van der Waals surface area contributed by atoms with E-state index >= 15 is 0 Å². The largest absolute Gasteiger partial charge is 0.629 e. The maximum Gasteiger partial charge on any atom is 0.251 e. The molecule has 0 aliphatic carbocycles. The summed E-state index contributed by atoms with van der Waals surface area (Å²) < 4.78 is 0. The van der Waals surface area contributed by atoms with Gasteiger partial charge in [-0.1, -0.05) is 0 Å². The molecule has 1 aromatic carbocycles. The van der Waals surface area contributed by atoms with E-state index in [2.05, 4.69) is 5.32 Å². The Morgan fingerprint density at radius 2 is 2.16 bits per heavy atom. The molecule has 0 aliphatic rings. The summed E-state index contributed by atoms with van der Waals surface area (Å²) in [5.74, 6) is -0.257. The molecule has 0 heterocycles. The quantitative estimate of drug-likeness (QED) is 0.545. The molecule has 0 aromatic heterocycles. The molecule has 6 heteroatoms. The van der Waals surface area contributed by atoms with Crippen molar-refractivity contribution < 1.29 is 15.0 Å². The van der Waals surface area contributed by atoms with E-state index in [9.17, 15) is 15.1 Å². The second kappa shape index (κ2) is 6.38. The van der Waals surface area contributed by atoms with Gasteiger partial charge in [-0.15, -0.1) is 11.8 Å². The van der Waals surface area contributed by atoms with Crippen LogP contribution in [0, 0.1) is 5.21 Å². The second-order valence-corrected chi connectivity index (χ2v) is 5.81. The van der Waals surface area contributed by atoms with E-state index in [1.807, 2.05) is 6.26 Å². The van der Waals surface area contributed by atoms with Crippen LogP contribution in [0.1, 0.15) is 24.2 Å². The van der Waals surface area contributed by atoms with Crippen molar-refractivity contribution in [3.05, 3.63) is 29.0 Å². The van der Waals surface area contributed by atoms with E-state index in [0.717, 1.165) is 4.90 Å². The third-order valence-corrected chi connectivity index (χ3v) is 3.30. The maximum atomic E-state index is 11.9. The first-order valence-corrected chi connectivity index (χ1v) is 7.16. The standard InChI is InChI=1S/C13H20N2O3S/c1-13(2,17)8-14-12(16)9-5-6-10(15(3)18)11(7-9)19-4/h5-7,15,17H,8H2,1-4H3,(H,14,16).